The molecule has 0 aliphatic carbocycles. The van der Waals surface area contributed by atoms with Crippen molar-refractivity contribution in [2.45, 2.75) is 57.8 Å². The van der Waals surface area contributed by atoms with E-state index in [1.165, 1.54) is 4.90 Å². The Kier molecular flexibility index (Phi) is 5.58. The van der Waals surface area contributed by atoms with E-state index in [2.05, 4.69) is 0 Å². The molecule has 1 heterocycles. The van der Waals surface area contributed by atoms with Gasteiger partial charge < -0.3 is 24.6 Å². The predicted octanol–water partition coefficient (Wildman–Crippen LogP) is 1.24. The third-order valence-electron chi connectivity index (χ3n) is 3.07. The van der Waals surface area contributed by atoms with Crippen molar-refractivity contribution in [2.75, 3.05) is 19.7 Å². The van der Waals surface area contributed by atoms with E-state index >= 15 is 0 Å². The van der Waals surface area contributed by atoms with Gasteiger partial charge in [-0.1, -0.05) is 13.3 Å². The second-order valence-electron chi connectivity index (χ2n) is 6.47. The first-order chi connectivity index (χ1) is 9.56. The first-order valence-electron chi connectivity index (χ1n) is 7.11. The summed E-state index contributed by atoms with van der Waals surface area (Å²) >= 11 is 0. The van der Waals surface area contributed by atoms with Crippen LogP contribution in [0.4, 0.5) is 4.79 Å². The van der Waals surface area contributed by atoms with Gasteiger partial charge in [-0.2, -0.15) is 0 Å². The normalized spacial score (nSPS) is 27.1. The number of aliphatic carboxylic acids is 1. The van der Waals surface area contributed by atoms with Crippen LogP contribution in [0.15, 0.2) is 0 Å². The summed E-state index contributed by atoms with van der Waals surface area (Å²) in [7, 11) is 0. The Morgan fingerprint density at radius 2 is 2.05 bits per heavy atom. The van der Waals surface area contributed by atoms with Gasteiger partial charge in [0.1, 0.15) is 11.2 Å². The zero-order valence-corrected chi connectivity index (χ0v) is 13.1. The van der Waals surface area contributed by atoms with Gasteiger partial charge in [-0.05, 0) is 27.2 Å². The molecule has 0 aromatic heterocycles. The number of β-amino-alcohol motifs (C(OH)–C–C–N with tert-alkyl or cyclic N) is 1. The minimum Gasteiger partial charge on any atom is -0.479 e. The minimum atomic E-state index is -1.25. The molecule has 1 rings (SSSR count). The molecule has 0 spiro atoms. The van der Waals surface area contributed by atoms with Crippen LogP contribution in [-0.4, -0.2) is 64.2 Å². The molecule has 1 amide bonds. The largest absolute Gasteiger partial charge is 0.479 e. The van der Waals surface area contributed by atoms with Crippen molar-refractivity contribution in [3.63, 3.8) is 0 Å². The second-order valence-corrected chi connectivity index (χ2v) is 6.47. The van der Waals surface area contributed by atoms with E-state index in [-0.39, 0.29) is 19.7 Å². The van der Waals surface area contributed by atoms with E-state index < -0.39 is 29.4 Å². The number of carbonyl (C=O) groups is 2. The van der Waals surface area contributed by atoms with Crippen LogP contribution >= 0.6 is 0 Å². The highest BCUT2D eigenvalue weighted by atomic mass is 16.6. The molecule has 0 aromatic rings. The second kappa shape index (κ2) is 6.62. The molecular weight excluding hydrogens is 278 g/mol. The summed E-state index contributed by atoms with van der Waals surface area (Å²) in [5.74, 6) is -1.16. The number of rotatable bonds is 3. The van der Waals surface area contributed by atoms with Crippen molar-refractivity contribution in [1.82, 2.24) is 4.90 Å². The number of hydrogen-bond acceptors (Lipinski definition) is 5. The molecule has 0 saturated carbocycles. The maximum Gasteiger partial charge on any atom is 0.410 e. The third kappa shape index (κ3) is 5.51. The topological polar surface area (TPSA) is 96.3 Å². The molecule has 21 heavy (non-hydrogen) atoms. The van der Waals surface area contributed by atoms with Gasteiger partial charge in [0.05, 0.1) is 19.7 Å². The number of aliphatic hydroxyl groups is 1. The zero-order valence-electron chi connectivity index (χ0n) is 13.1. The van der Waals surface area contributed by atoms with Crippen LogP contribution in [0, 0.1) is 0 Å². The van der Waals surface area contributed by atoms with E-state index in [4.69, 9.17) is 14.6 Å². The number of carboxylic acid groups (broad SMARTS) is 1. The van der Waals surface area contributed by atoms with Crippen molar-refractivity contribution >= 4 is 12.1 Å². The third-order valence-corrected chi connectivity index (χ3v) is 3.07. The van der Waals surface area contributed by atoms with Gasteiger partial charge in [0.2, 0.25) is 0 Å². The monoisotopic (exact) mass is 303 g/mol. The summed E-state index contributed by atoms with van der Waals surface area (Å²) < 4.78 is 10.5. The maximum atomic E-state index is 12.2. The fourth-order valence-electron chi connectivity index (χ4n) is 2.21. The fraction of sp³-hybridized carbons (Fsp3) is 0.857. The van der Waals surface area contributed by atoms with Crippen LogP contribution in [0.2, 0.25) is 0 Å². The van der Waals surface area contributed by atoms with Gasteiger partial charge in [0, 0.05) is 0 Å². The van der Waals surface area contributed by atoms with E-state index in [0.29, 0.717) is 12.8 Å². The van der Waals surface area contributed by atoms with Crippen molar-refractivity contribution in [3.8, 4) is 0 Å². The Balaban J connectivity index is 2.91. The van der Waals surface area contributed by atoms with Gasteiger partial charge in [-0.3, -0.25) is 0 Å². The van der Waals surface area contributed by atoms with Crippen molar-refractivity contribution in [2.24, 2.45) is 0 Å². The summed E-state index contributed by atoms with van der Waals surface area (Å²) in [5, 5.41) is 19.6. The van der Waals surface area contributed by atoms with E-state index in [9.17, 15) is 14.7 Å². The molecule has 2 N–H and O–H groups in total. The molecule has 1 aliphatic heterocycles. The lowest BCUT2D eigenvalue weighted by molar-refractivity contribution is -0.152. The Morgan fingerprint density at radius 1 is 1.43 bits per heavy atom. The number of ether oxygens (including phenoxy) is 2. The SMILES string of the molecule is CCCC1(O)COC(C(=O)O)CN(C(=O)OC(C)(C)C)C1. The lowest BCUT2D eigenvalue weighted by Crippen LogP contribution is -2.48. The van der Waals surface area contributed by atoms with E-state index in [0.717, 1.165) is 0 Å². The molecule has 122 valence electrons. The lowest BCUT2D eigenvalue weighted by Gasteiger charge is -2.32. The molecule has 2 atom stereocenters. The van der Waals surface area contributed by atoms with Gasteiger partial charge >= 0.3 is 12.1 Å². The Bertz CT molecular complexity index is 391. The fourth-order valence-corrected chi connectivity index (χ4v) is 2.21. The van der Waals surface area contributed by atoms with Crippen LogP contribution in [0.5, 0.6) is 0 Å². The number of hydrogen-bond donors (Lipinski definition) is 2. The first-order valence-corrected chi connectivity index (χ1v) is 7.11. The number of carboxylic acids is 1. The summed E-state index contributed by atoms with van der Waals surface area (Å²) in [6.45, 7) is 6.83. The molecule has 1 fully saturated rings. The van der Waals surface area contributed by atoms with Crippen molar-refractivity contribution in [1.29, 1.82) is 0 Å². The first kappa shape index (κ1) is 17.7. The number of carbonyl (C=O) groups excluding carboxylic acids is 1. The quantitative estimate of drug-likeness (QED) is 0.814. The molecule has 1 aliphatic rings. The van der Waals surface area contributed by atoms with Crippen LogP contribution in [0.3, 0.4) is 0 Å². The number of nitrogens with zero attached hydrogens (tertiary/aromatic N) is 1. The average Bonchev–Trinajstić information content (AvgIpc) is 2.47. The molecule has 7 nitrogen and oxygen atoms in total. The standard InChI is InChI=1S/C14H25NO6/c1-5-6-14(19)8-15(12(18)21-13(2,3)4)7-10(11(16)17)20-9-14/h10,19H,5-9H2,1-4H3,(H,16,17). The molecule has 0 aromatic carbocycles. The molecule has 1 saturated heterocycles. The summed E-state index contributed by atoms with van der Waals surface area (Å²) in [5.41, 5.74) is -1.94. The summed E-state index contributed by atoms with van der Waals surface area (Å²) in [6.07, 6.45) is -0.699. The Labute approximate surface area is 124 Å². The van der Waals surface area contributed by atoms with Crippen LogP contribution in [0.25, 0.3) is 0 Å². The van der Waals surface area contributed by atoms with Crippen LogP contribution < -0.4 is 0 Å². The van der Waals surface area contributed by atoms with Crippen LogP contribution in [-0.2, 0) is 14.3 Å². The van der Waals surface area contributed by atoms with E-state index in [1.807, 2.05) is 6.92 Å². The molecule has 7 heteroatoms. The van der Waals surface area contributed by atoms with Gasteiger partial charge in [0.25, 0.3) is 0 Å². The molecular formula is C14H25NO6. The Hall–Kier alpha value is -1.34. The highest BCUT2D eigenvalue weighted by Crippen LogP contribution is 2.22. The predicted molar refractivity (Wildman–Crippen MR) is 75.0 cm³/mol. The van der Waals surface area contributed by atoms with Gasteiger partial charge in [-0.15, -0.1) is 0 Å². The Morgan fingerprint density at radius 3 is 2.52 bits per heavy atom. The highest BCUT2D eigenvalue weighted by Gasteiger charge is 2.40. The molecule has 0 radical (unpaired) electrons. The van der Waals surface area contributed by atoms with Gasteiger partial charge in [-0.25, -0.2) is 9.59 Å². The molecule has 0 bridgehead atoms. The average molecular weight is 303 g/mol. The van der Waals surface area contributed by atoms with E-state index in [1.54, 1.807) is 20.8 Å². The smallest absolute Gasteiger partial charge is 0.410 e. The zero-order chi connectivity index (χ0) is 16.3. The minimum absolute atomic E-state index is 0.000463. The number of amides is 1. The van der Waals surface area contributed by atoms with Crippen molar-refractivity contribution < 1.29 is 29.3 Å². The summed E-state index contributed by atoms with van der Waals surface area (Å²) in [4.78, 5) is 24.5. The lowest BCUT2D eigenvalue weighted by atomic mass is 9.99. The summed E-state index contributed by atoms with van der Waals surface area (Å²) in [6, 6.07) is 0. The van der Waals surface area contributed by atoms with Crippen molar-refractivity contribution in [3.05, 3.63) is 0 Å². The highest BCUT2D eigenvalue weighted by molar-refractivity contribution is 5.75. The van der Waals surface area contributed by atoms with Crippen LogP contribution in [0.1, 0.15) is 40.5 Å². The van der Waals surface area contributed by atoms with Gasteiger partial charge in [0.15, 0.2) is 6.10 Å². The molecule has 2 unspecified atom stereocenters. The maximum absolute atomic E-state index is 12.2.